The molecule has 0 bridgehead atoms. The van der Waals surface area contributed by atoms with E-state index in [9.17, 15) is 9.18 Å². The van der Waals surface area contributed by atoms with Gasteiger partial charge in [0.1, 0.15) is 11.9 Å². The Balaban J connectivity index is 0.000000324. The third kappa shape index (κ3) is 10.3. The smallest absolute Gasteiger partial charge is 0.305 e. The Kier molecular flexibility index (Phi) is 10.2. The number of halogens is 1. The Hall–Kier alpha value is -2.20. The van der Waals surface area contributed by atoms with Gasteiger partial charge in [-0.1, -0.05) is 55.0 Å². The first-order valence-corrected chi connectivity index (χ1v) is 8.54. The number of carbonyl (C=O) groups excluding carboxylic acids is 1. The van der Waals surface area contributed by atoms with Crippen LogP contribution >= 0.6 is 0 Å². The molecular formula is C21H27FO3. The molecule has 0 amide bonds. The van der Waals surface area contributed by atoms with Crippen LogP contribution in [0, 0.1) is 12.7 Å². The van der Waals surface area contributed by atoms with Gasteiger partial charge in [-0.05, 0) is 31.5 Å². The fourth-order valence-corrected chi connectivity index (χ4v) is 1.91. The molecule has 0 aromatic heterocycles. The molecule has 0 fully saturated rings. The largest absolute Gasteiger partial charge is 0.463 e. The molecule has 4 heteroatoms. The molecule has 0 spiro atoms. The molecule has 0 N–H and O–H groups in total. The fraction of sp³-hybridized carbons (Fsp3) is 0.381. The zero-order valence-electron chi connectivity index (χ0n) is 15.2. The van der Waals surface area contributed by atoms with E-state index in [2.05, 4.69) is 0 Å². The van der Waals surface area contributed by atoms with Crippen LogP contribution in [0.25, 0.3) is 0 Å². The minimum atomic E-state index is -0.171. The van der Waals surface area contributed by atoms with Crippen molar-refractivity contribution in [3.05, 3.63) is 71.5 Å². The molecule has 0 aliphatic carbocycles. The van der Waals surface area contributed by atoms with E-state index in [0.29, 0.717) is 19.6 Å². The first-order valence-electron chi connectivity index (χ1n) is 8.54. The summed E-state index contributed by atoms with van der Waals surface area (Å²) in [6.07, 6.45) is 1.09. The van der Waals surface area contributed by atoms with Gasteiger partial charge in [0, 0.05) is 12.8 Å². The quantitative estimate of drug-likeness (QED) is 0.519. The lowest BCUT2D eigenvalue weighted by molar-refractivity contribution is -0.148. The number of carbonyl (C=O) groups is 1. The van der Waals surface area contributed by atoms with Crippen molar-refractivity contribution in [2.45, 2.75) is 46.3 Å². The van der Waals surface area contributed by atoms with Gasteiger partial charge in [-0.25, -0.2) is 4.39 Å². The lowest BCUT2D eigenvalue weighted by atomic mass is 10.2. The van der Waals surface area contributed by atoms with E-state index in [1.165, 1.54) is 12.1 Å². The predicted octanol–water partition coefficient (Wildman–Crippen LogP) is 5.07. The van der Waals surface area contributed by atoms with E-state index < -0.39 is 0 Å². The molecule has 1 unspecified atom stereocenters. The number of ether oxygens (including phenoxy) is 2. The number of esters is 1. The second kappa shape index (κ2) is 12.2. The van der Waals surface area contributed by atoms with Crippen LogP contribution in [0.1, 0.15) is 37.8 Å². The first kappa shape index (κ1) is 20.8. The summed E-state index contributed by atoms with van der Waals surface area (Å²) in [5.74, 6) is -0.323. The highest BCUT2D eigenvalue weighted by Gasteiger charge is 2.06. The van der Waals surface area contributed by atoms with E-state index in [1.807, 2.05) is 44.2 Å². The zero-order valence-corrected chi connectivity index (χ0v) is 15.2. The number of aryl methyl sites for hydroxylation is 1. The van der Waals surface area contributed by atoms with Crippen molar-refractivity contribution in [3.8, 4) is 0 Å². The van der Waals surface area contributed by atoms with Crippen LogP contribution < -0.4 is 0 Å². The number of rotatable bonds is 7. The molecular weight excluding hydrogens is 319 g/mol. The summed E-state index contributed by atoms with van der Waals surface area (Å²) in [5.41, 5.74) is 2.25. The van der Waals surface area contributed by atoms with Crippen LogP contribution in [-0.4, -0.2) is 18.7 Å². The molecule has 136 valence electrons. The van der Waals surface area contributed by atoms with E-state index in [0.717, 1.165) is 17.5 Å². The maximum absolute atomic E-state index is 12.1. The Morgan fingerprint density at radius 1 is 1.08 bits per heavy atom. The van der Waals surface area contributed by atoms with Crippen molar-refractivity contribution < 1.29 is 18.7 Å². The standard InChI is InChI=1S/C14H20O3.C7H7F/c1-3-14(15)17-12(2)9-10-16-11-13-7-5-4-6-8-13;1-6-2-4-7(8)5-3-6/h4-8,12H,3,9-11H2,1-2H3;2-5H,1H3. The summed E-state index contributed by atoms with van der Waals surface area (Å²) in [5, 5.41) is 0. The van der Waals surface area contributed by atoms with Gasteiger partial charge < -0.3 is 9.47 Å². The average molecular weight is 346 g/mol. The van der Waals surface area contributed by atoms with Gasteiger partial charge in [-0.2, -0.15) is 0 Å². The topological polar surface area (TPSA) is 35.5 Å². The van der Waals surface area contributed by atoms with Crippen LogP contribution in [0.15, 0.2) is 54.6 Å². The summed E-state index contributed by atoms with van der Waals surface area (Å²) < 4.78 is 22.7. The van der Waals surface area contributed by atoms with Gasteiger partial charge in [0.2, 0.25) is 0 Å². The van der Waals surface area contributed by atoms with Gasteiger partial charge in [0.15, 0.2) is 0 Å². The molecule has 2 aromatic rings. The van der Waals surface area contributed by atoms with E-state index in [1.54, 1.807) is 19.1 Å². The molecule has 0 aliphatic heterocycles. The Morgan fingerprint density at radius 3 is 2.28 bits per heavy atom. The summed E-state index contributed by atoms with van der Waals surface area (Å²) >= 11 is 0. The highest BCUT2D eigenvalue weighted by Crippen LogP contribution is 2.04. The summed E-state index contributed by atoms with van der Waals surface area (Å²) in [7, 11) is 0. The molecule has 0 radical (unpaired) electrons. The van der Waals surface area contributed by atoms with E-state index in [4.69, 9.17) is 9.47 Å². The van der Waals surface area contributed by atoms with Crippen molar-refractivity contribution in [3.63, 3.8) is 0 Å². The number of hydrogen-bond acceptors (Lipinski definition) is 3. The Bertz CT molecular complexity index is 575. The Labute approximate surface area is 149 Å². The molecule has 0 saturated heterocycles. The minimum absolute atomic E-state index is 0.0711. The van der Waals surface area contributed by atoms with Crippen LogP contribution in [0.4, 0.5) is 4.39 Å². The van der Waals surface area contributed by atoms with E-state index in [-0.39, 0.29) is 17.9 Å². The maximum Gasteiger partial charge on any atom is 0.305 e. The van der Waals surface area contributed by atoms with Gasteiger partial charge in [-0.15, -0.1) is 0 Å². The van der Waals surface area contributed by atoms with Gasteiger partial charge >= 0.3 is 5.97 Å². The SMILES string of the molecule is CCC(=O)OC(C)CCOCc1ccccc1.Cc1ccc(F)cc1. The van der Waals surface area contributed by atoms with Gasteiger partial charge in [0.25, 0.3) is 0 Å². The van der Waals surface area contributed by atoms with Crippen molar-refractivity contribution in [1.82, 2.24) is 0 Å². The highest BCUT2D eigenvalue weighted by atomic mass is 19.1. The molecule has 2 rings (SSSR count). The van der Waals surface area contributed by atoms with Crippen LogP contribution in [-0.2, 0) is 20.9 Å². The van der Waals surface area contributed by atoms with Crippen molar-refractivity contribution >= 4 is 5.97 Å². The minimum Gasteiger partial charge on any atom is -0.463 e. The first-order chi connectivity index (χ1) is 12.0. The lowest BCUT2D eigenvalue weighted by Gasteiger charge is -2.12. The van der Waals surface area contributed by atoms with Crippen LogP contribution in [0.3, 0.4) is 0 Å². The van der Waals surface area contributed by atoms with Gasteiger partial charge in [0.05, 0.1) is 13.2 Å². The summed E-state index contributed by atoms with van der Waals surface area (Å²) in [6, 6.07) is 16.4. The highest BCUT2D eigenvalue weighted by molar-refractivity contribution is 5.69. The normalized spacial score (nSPS) is 11.2. The number of hydrogen-bond donors (Lipinski definition) is 0. The van der Waals surface area contributed by atoms with Gasteiger partial charge in [-0.3, -0.25) is 4.79 Å². The second-order valence-electron chi connectivity index (χ2n) is 5.78. The second-order valence-corrected chi connectivity index (χ2v) is 5.78. The molecule has 0 saturated carbocycles. The third-order valence-corrected chi connectivity index (χ3v) is 3.41. The molecule has 3 nitrogen and oxygen atoms in total. The summed E-state index contributed by atoms with van der Waals surface area (Å²) in [4.78, 5) is 11.0. The molecule has 0 aliphatic rings. The maximum atomic E-state index is 12.1. The molecule has 25 heavy (non-hydrogen) atoms. The van der Waals surface area contributed by atoms with Crippen molar-refractivity contribution in [2.24, 2.45) is 0 Å². The van der Waals surface area contributed by atoms with Crippen LogP contribution in [0.2, 0.25) is 0 Å². The van der Waals surface area contributed by atoms with E-state index >= 15 is 0 Å². The molecule has 0 heterocycles. The molecule has 1 atom stereocenters. The Morgan fingerprint density at radius 2 is 1.72 bits per heavy atom. The number of benzene rings is 2. The van der Waals surface area contributed by atoms with Crippen molar-refractivity contribution in [1.29, 1.82) is 0 Å². The summed E-state index contributed by atoms with van der Waals surface area (Å²) in [6.45, 7) is 6.82. The van der Waals surface area contributed by atoms with Crippen LogP contribution in [0.5, 0.6) is 0 Å². The average Bonchev–Trinajstić information content (AvgIpc) is 2.62. The third-order valence-electron chi connectivity index (χ3n) is 3.41. The monoisotopic (exact) mass is 346 g/mol. The predicted molar refractivity (Wildman–Crippen MR) is 97.7 cm³/mol. The zero-order chi connectivity index (χ0) is 18.5. The van der Waals surface area contributed by atoms with Crippen molar-refractivity contribution in [2.75, 3.05) is 6.61 Å². The lowest BCUT2D eigenvalue weighted by Crippen LogP contribution is -2.16. The molecule has 2 aromatic carbocycles. The fourth-order valence-electron chi connectivity index (χ4n) is 1.91.